The third kappa shape index (κ3) is 3.03. The Morgan fingerprint density at radius 1 is 1.54 bits per heavy atom. The van der Waals surface area contributed by atoms with Crippen LogP contribution in [-0.4, -0.2) is 5.11 Å². The molecule has 2 nitrogen and oxygen atoms in total. The Morgan fingerprint density at radius 3 is 2.62 bits per heavy atom. The standard InChI is InChI=1S/C9H10BrNO.ClH/c1-2-8(11)6-3-4-9(12)7(10)5-6;/h2-5,8,12H,1,11H2;1H/t8-;/m0./s1. The molecule has 0 aromatic heterocycles. The highest BCUT2D eigenvalue weighted by molar-refractivity contribution is 9.10. The first-order chi connectivity index (χ1) is 5.65. The molecule has 0 unspecified atom stereocenters. The van der Waals surface area contributed by atoms with Crippen molar-refractivity contribution in [2.75, 3.05) is 0 Å². The van der Waals surface area contributed by atoms with Crippen molar-refractivity contribution in [3.63, 3.8) is 0 Å². The zero-order valence-electron chi connectivity index (χ0n) is 6.90. The summed E-state index contributed by atoms with van der Waals surface area (Å²) in [7, 11) is 0. The van der Waals surface area contributed by atoms with Crippen molar-refractivity contribution in [3.8, 4) is 5.75 Å². The smallest absolute Gasteiger partial charge is 0.129 e. The average molecular weight is 265 g/mol. The van der Waals surface area contributed by atoms with Crippen LogP contribution in [0.5, 0.6) is 5.75 Å². The molecule has 0 heterocycles. The molecule has 1 rings (SSSR count). The molecule has 0 aliphatic carbocycles. The topological polar surface area (TPSA) is 46.2 Å². The van der Waals surface area contributed by atoms with Crippen LogP contribution in [0, 0.1) is 0 Å². The van der Waals surface area contributed by atoms with Crippen molar-refractivity contribution >= 4 is 28.3 Å². The molecule has 0 aliphatic rings. The summed E-state index contributed by atoms with van der Waals surface area (Å²) in [6, 6.07) is 4.97. The fraction of sp³-hybridized carbons (Fsp3) is 0.111. The fourth-order valence-electron chi connectivity index (χ4n) is 0.867. The van der Waals surface area contributed by atoms with E-state index < -0.39 is 0 Å². The molecule has 0 amide bonds. The Hall–Kier alpha value is -0.510. The second-order valence-electron chi connectivity index (χ2n) is 2.47. The number of aromatic hydroxyl groups is 1. The van der Waals surface area contributed by atoms with Crippen LogP contribution in [0.25, 0.3) is 0 Å². The molecule has 0 fully saturated rings. The van der Waals surface area contributed by atoms with Gasteiger partial charge in [0.2, 0.25) is 0 Å². The van der Waals surface area contributed by atoms with Gasteiger partial charge in [-0.3, -0.25) is 0 Å². The van der Waals surface area contributed by atoms with E-state index in [2.05, 4.69) is 22.5 Å². The maximum absolute atomic E-state index is 9.18. The number of halogens is 2. The lowest BCUT2D eigenvalue weighted by atomic mass is 10.1. The SMILES string of the molecule is C=C[C@H](N)c1ccc(O)c(Br)c1.Cl. The van der Waals surface area contributed by atoms with Gasteiger partial charge in [0.1, 0.15) is 5.75 Å². The van der Waals surface area contributed by atoms with Crippen LogP contribution < -0.4 is 5.73 Å². The van der Waals surface area contributed by atoms with Crippen LogP contribution >= 0.6 is 28.3 Å². The summed E-state index contributed by atoms with van der Waals surface area (Å²) < 4.78 is 0.650. The largest absolute Gasteiger partial charge is 0.507 e. The quantitative estimate of drug-likeness (QED) is 0.807. The van der Waals surface area contributed by atoms with Crippen LogP contribution in [0.3, 0.4) is 0 Å². The van der Waals surface area contributed by atoms with E-state index in [4.69, 9.17) is 5.73 Å². The van der Waals surface area contributed by atoms with Gasteiger partial charge in [-0.2, -0.15) is 0 Å². The number of nitrogens with two attached hydrogens (primary N) is 1. The first-order valence-electron chi connectivity index (χ1n) is 3.51. The molecule has 72 valence electrons. The normalized spacial score (nSPS) is 11.5. The summed E-state index contributed by atoms with van der Waals surface area (Å²) in [5, 5.41) is 9.18. The molecule has 0 aliphatic heterocycles. The second-order valence-corrected chi connectivity index (χ2v) is 3.33. The molecular weight excluding hydrogens is 253 g/mol. The van der Waals surface area contributed by atoms with Crippen molar-refractivity contribution in [1.29, 1.82) is 0 Å². The minimum absolute atomic E-state index is 0. The number of phenols is 1. The average Bonchev–Trinajstić information content (AvgIpc) is 2.08. The Balaban J connectivity index is 0.00000144. The van der Waals surface area contributed by atoms with E-state index in [1.165, 1.54) is 0 Å². The van der Waals surface area contributed by atoms with E-state index in [0.29, 0.717) is 4.47 Å². The summed E-state index contributed by atoms with van der Waals surface area (Å²) >= 11 is 3.20. The number of hydrogen-bond donors (Lipinski definition) is 2. The van der Waals surface area contributed by atoms with Gasteiger partial charge >= 0.3 is 0 Å². The van der Waals surface area contributed by atoms with Gasteiger partial charge in [0, 0.05) is 6.04 Å². The van der Waals surface area contributed by atoms with Crippen molar-refractivity contribution in [2.45, 2.75) is 6.04 Å². The van der Waals surface area contributed by atoms with Gasteiger partial charge in [0.15, 0.2) is 0 Å². The van der Waals surface area contributed by atoms with Gasteiger partial charge in [0.25, 0.3) is 0 Å². The maximum atomic E-state index is 9.18. The number of phenolic OH excluding ortho intramolecular Hbond substituents is 1. The molecule has 0 saturated carbocycles. The van der Waals surface area contributed by atoms with Gasteiger partial charge in [-0.25, -0.2) is 0 Å². The van der Waals surface area contributed by atoms with E-state index >= 15 is 0 Å². The van der Waals surface area contributed by atoms with Crippen LogP contribution in [0.1, 0.15) is 11.6 Å². The molecule has 1 aromatic carbocycles. The van der Waals surface area contributed by atoms with Crippen molar-refractivity contribution in [3.05, 3.63) is 40.9 Å². The third-order valence-corrected chi connectivity index (χ3v) is 2.25. The summed E-state index contributed by atoms with van der Waals surface area (Å²) in [6.07, 6.45) is 1.65. The van der Waals surface area contributed by atoms with E-state index in [9.17, 15) is 5.11 Å². The Morgan fingerprint density at radius 2 is 2.15 bits per heavy atom. The van der Waals surface area contributed by atoms with Crippen LogP contribution in [-0.2, 0) is 0 Å². The second kappa shape index (κ2) is 5.27. The molecular formula is C9H11BrClNO. The molecule has 0 spiro atoms. The molecule has 0 bridgehead atoms. The first-order valence-corrected chi connectivity index (χ1v) is 4.31. The molecule has 13 heavy (non-hydrogen) atoms. The third-order valence-electron chi connectivity index (χ3n) is 1.61. The monoisotopic (exact) mass is 263 g/mol. The molecule has 0 radical (unpaired) electrons. The summed E-state index contributed by atoms with van der Waals surface area (Å²) in [5.41, 5.74) is 6.62. The summed E-state index contributed by atoms with van der Waals surface area (Å²) in [4.78, 5) is 0. The van der Waals surface area contributed by atoms with Crippen molar-refractivity contribution < 1.29 is 5.11 Å². The lowest BCUT2D eigenvalue weighted by Crippen LogP contribution is -2.05. The molecule has 3 N–H and O–H groups in total. The molecule has 1 aromatic rings. The van der Waals surface area contributed by atoms with E-state index in [1.54, 1.807) is 24.3 Å². The maximum Gasteiger partial charge on any atom is 0.129 e. The van der Waals surface area contributed by atoms with Crippen molar-refractivity contribution in [2.24, 2.45) is 5.73 Å². The lowest BCUT2D eigenvalue weighted by molar-refractivity contribution is 0.471. The molecule has 0 saturated heterocycles. The minimum atomic E-state index is -0.179. The molecule has 4 heteroatoms. The number of hydrogen-bond acceptors (Lipinski definition) is 2. The predicted octanol–water partition coefficient (Wildman–Crippen LogP) is 2.76. The van der Waals surface area contributed by atoms with Crippen LogP contribution in [0.4, 0.5) is 0 Å². The van der Waals surface area contributed by atoms with Gasteiger partial charge in [0.05, 0.1) is 4.47 Å². The zero-order chi connectivity index (χ0) is 9.14. The van der Waals surface area contributed by atoms with Crippen LogP contribution in [0.2, 0.25) is 0 Å². The summed E-state index contributed by atoms with van der Waals surface area (Å²) in [5.74, 6) is 0.218. The highest BCUT2D eigenvalue weighted by Crippen LogP contribution is 2.26. The fourth-order valence-corrected chi connectivity index (χ4v) is 1.26. The highest BCUT2D eigenvalue weighted by atomic mass is 79.9. The Labute approximate surface area is 92.0 Å². The lowest BCUT2D eigenvalue weighted by Gasteiger charge is -2.07. The van der Waals surface area contributed by atoms with Gasteiger partial charge < -0.3 is 10.8 Å². The Kier molecular flexibility index (Phi) is 5.06. The van der Waals surface area contributed by atoms with E-state index in [-0.39, 0.29) is 24.2 Å². The predicted molar refractivity (Wildman–Crippen MR) is 60.2 cm³/mol. The van der Waals surface area contributed by atoms with E-state index in [1.807, 2.05) is 0 Å². The molecule has 1 atom stereocenters. The first kappa shape index (κ1) is 12.5. The van der Waals surface area contributed by atoms with Gasteiger partial charge in [-0.15, -0.1) is 19.0 Å². The number of benzene rings is 1. The van der Waals surface area contributed by atoms with Gasteiger partial charge in [-0.1, -0.05) is 12.1 Å². The van der Waals surface area contributed by atoms with E-state index in [0.717, 1.165) is 5.56 Å². The Bertz CT molecular complexity index is 304. The van der Waals surface area contributed by atoms with Crippen molar-refractivity contribution in [1.82, 2.24) is 0 Å². The van der Waals surface area contributed by atoms with Gasteiger partial charge in [-0.05, 0) is 33.6 Å². The minimum Gasteiger partial charge on any atom is -0.507 e. The highest BCUT2D eigenvalue weighted by Gasteiger charge is 2.03. The zero-order valence-corrected chi connectivity index (χ0v) is 9.31. The summed E-state index contributed by atoms with van der Waals surface area (Å²) in [6.45, 7) is 3.59. The number of rotatable bonds is 2. The van der Waals surface area contributed by atoms with Crippen LogP contribution in [0.15, 0.2) is 35.3 Å².